The first kappa shape index (κ1) is 33.4. The Hall–Kier alpha value is -4.01. The van der Waals surface area contributed by atoms with E-state index in [0.717, 1.165) is 53.6 Å². The predicted octanol–water partition coefficient (Wildman–Crippen LogP) is 3.71. The molecule has 6 rings (SSSR count). The number of nitrogens with two attached hydrogens (primary N) is 1. The number of benzene rings is 1. The van der Waals surface area contributed by atoms with Gasteiger partial charge in [0.1, 0.15) is 13.2 Å². The van der Waals surface area contributed by atoms with E-state index < -0.39 is 39.9 Å². The molecule has 0 saturated heterocycles. The number of rotatable bonds is 11. The molecule has 0 unspecified atom stereocenters. The number of cyclic esters (lactones) is 1. The molecule has 1 atom stereocenters. The lowest BCUT2D eigenvalue weighted by Crippen LogP contribution is -2.47. The topological polar surface area (TPSA) is 172 Å². The summed E-state index contributed by atoms with van der Waals surface area (Å²) >= 11 is 0. The van der Waals surface area contributed by atoms with E-state index >= 15 is 0 Å². The molecule has 5 heterocycles. The molecule has 0 amide bonds. The second kappa shape index (κ2) is 13.0. The fourth-order valence-electron chi connectivity index (χ4n) is 6.27. The highest BCUT2D eigenvalue weighted by Crippen LogP contribution is 2.47. The maximum atomic E-state index is 14.0. The fraction of sp³-hybridized carbons (Fsp3) is 0.452. The third-order valence-electron chi connectivity index (χ3n) is 8.56. The molecule has 246 valence electrons. The Labute approximate surface area is 272 Å². The minimum atomic E-state index is -3.52. The Morgan fingerprint density at radius 3 is 2.70 bits per heavy atom. The number of hydrogen-bond acceptors (Lipinski definition) is 12. The first-order valence-electron chi connectivity index (χ1n) is 15.1. The quantitative estimate of drug-likeness (QED) is 0.182. The number of anilines is 1. The van der Waals surface area contributed by atoms with Crippen LogP contribution in [0.5, 0.6) is 0 Å². The number of fused-ring (bicyclic) bond motifs is 5. The fourth-order valence-corrected chi connectivity index (χ4v) is 7.17. The zero-order valence-electron chi connectivity index (χ0n) is 25.6. The van der Waals surface area contributed by atoms with Gasteiger partial charge in [-0.15, -0.1) is 12.4 Å². The Morgan fingerprint density at radius 1 is 1.15 bits per heavy atom. The van der Waals surface area contributed by atoms with Crippen molar-refractivity contribution in [1.29, 1.82) is 0 Å². The first-order valence-corrected chi connectivity index (χ1v) is 16.9. The minimum absolute atomic E-state index is 0. The van der Waals surface area contributed by atoms with Gasteiger partial charge in [0, 0.05) is 24.2 Å². The number of esters is 1. The van der Waals surface area contributed by atoms with Crippen LogP contribution in [0, 0.1) is 0 Å². The monoisotopic (exact) mass is 673 g/mol. The molecule has 3 aliphatic heterocycles. The SMILES string of the molecule is CCCCCN1C=Nc2cccc3nc4c(c1c23)Cn1c-4cc2c(c1=O)COC(=O)[C@@]2(CC)OC(=O)OCCS(=O)(=O)CCN.Cl. The Kier molecular flexibility index (Phi) is 9.43. The van der Waals surface area contributed by atoms with E-state index in [-0.39, 0.29) is 61.0 Å². The summed E-state index contributed by atoms with van der Waals surface area (Å²) < 4.78 is 41.6. The van der Waals surface area contributed by atoms with Crippen LogP contribution in [-0.2, 0) is 47.6 Å². The number of aliphatic imine (C=N–C) groups is 1. The van der Waals surface area contributed by atoms with Crippen LogP contribution in [0.2, 0.25) is 0 Å². The standard InChI is InChI=1S/C31H35N5O8S.ClH/c1-3-5-6-11-35-18-33-22-8-7-9-23-25(22)27(35)19-16-36-24(26(19)34-23)15-21-20(28(36)37)17-43-29(38)31(21,4-2)44-30(39)42-12-14-45(40,41)13-10-32;/h7-9,15,18H,3-6,10-14,16-17,32H2,1-2H3;1H/t31-;/m0./s1. The second-order valence-electron chi connectivity index (χ2n) is 11.3. The molecule has 0 radical (unpaired) electrons. The third kappa shape index (κ3) is 5.62. The molecule has 1 aromatic carbocycles. The number of unbranched alkanes of at least 4 members (excludes halogenated alkanes) is 2. The number of pyridine rings is 2. The molecule has 2 aromatic heterocycles. The lowest BCUT2D eigenvalue weighted by atomic mass is 9.85. The zero-order valence-corrected chi connectivity index (χ0v) is 27.2. The Bertz CT molecular complexity index is 1910. The number of ether oxygens (including phenoxy) is 3. The summed E-state index contributed by atoms with van der Waals surface area (Å²) in [5.41, 5.74) is 7.80. The maximum Gasteiger partial charge on any atom is 0.509 e. The molecule has 0 spiro atoms. The highest BCUT2D eigenvalue weighted by molar-refractivity contribution is 7.91. The maximum absolute atomic E-state index is 14.0. The molecule has 0 saturated carbocycles. The Balaban J connectivity index is 0.00000417. The van der Waals surface area contributed by atoms with Crippen molar-refractivity contribution in [3.63, 3.8) is 0 Å². The average molecular weight is 674 g/mol. The van der Waals surface area contributed by atoms with Gasteiger partial charge >= 0.3 is 12.1 Å². The summed E-state index contributed by atoms with van der Waals surface area (Å²) in [5.74, 6) is -1.55. The molecule has 15 heteroatoms. The van der Waals surface area contributed by atoms with Gasteiger partial charge in [0.25, 0.3) is 5.56 Å². The molecule has 0 bridgehead atoms. The van der Waals surface area contributed by atoms with Gasteiger partial charge in [0.2, 0.25) is 5.60 Å². The van der Waals surface area contributed by atoms with Gasteiger partial charge in [0.15, 0.2) is 9.84 Å². The summed E-state index contributed by atoms with van der Waals surface area (Å²) in [6, 6.07) is 7.42. The van der Waals surface area contributed by atoms with Crippen molar-refractivity contribution in [1.82, 2.24) is 9.55 Å². The number of carbonyl (C=O) groups excluding carboxylic acids is 2. The van der Waals surface area contributed by atoms with Crippen LogP contribution in [0.4, 0.5) is 16.2 Å². The lowest BCUT2D eigenvalue weighted by Gasteiger charge is -2.35. The van der Waals surface area contributed by atoms with Crippen molar-refractivity contribution < 1.29 is 32.2 Å². The highest BCUT2D eigenvalue weighted by Gasteiger charge is 2.51. The normalized spacial score (nSPS) is 17.5. The van der Waals surface area contributed by atoms with Gasteiger partial charge in [-0.3, -0.25) is 4.79 Å². The summed E-state index contributed by atoms with van der Waals surface area (Å²) in [5, 5.41) is 0.918. The van der Waals surface area contributed by atoms with Gasteiger partial charge in [-0.05, 0) is 31.0 Å². The third-order valence-corrected chi connectivity index (χ3v) is 10.2. The minimum Gasteiger partial charge on any atom is -0.457 e. The number of aromatic nitrogens is 2. The van der Waals surface area contributed by atoms with Crippen molar-refractivity contribution in [2.24, 2.45) is 10.7 Å². The second-order valence-corrected chi connectivity index (χ2v) is 13.6. The molecular formula is C31H36ClN5O8S. The van der Waals surface area contributed by atoms with Gasteiger partial charge in [-0.2, -0.15) is 0 Å². The smallest absolute Gasteiger partial charge is 0.457 e. The number of nitrogens with zero attached hydrogens (tertiary/aromatic N) is 4. The van der Waals surface area contributed by atoms with E-state index in [4.69, 9.17) is 24.9 Å². The summed E-state index contributed by atoms with van der Waals surface area (Å²) in [6.07, 6.45) is 3.62. The highest BCUT2D eigenvalue weighted by atomic mass is 35.5. The van der Waals surface area contributed by atoms with Crippen LogP contribution in [0.25, 0.3) is 22.3 Å². The van der Waals surface area contributed by atoms with Crippen LogP contribution >= 0.6 is 12.4 Å². The molecule has 46 heavy (non-hydrogen) atoms. The van der Waals surface area contributed by atoms with E-state index in [1.54, 1.807) is 17.6 Å². The number of sulfone groups is 1. The van der Waals surface area contributed by atoms with E-state index in [1.807, 2.05) is 24.5 Å². The van der Waals surface area contributed by atoms with Gasteiger partial charge < -0.3 is 29.4 Å². The molecular weight excluding hydrogens is 638 g/mol. The van der Waals surface area contributed by atoms with Crippen LogP contribution in [0.15, 0.2) is 34.1 Å². The molecule has 3 aliphatic rings. The molecule has 13 nitrogen and oxygen atoms in total. The number of carbonyl (C=O) groups is 2. The van der Waals surface area contributed by atoms with E-state index in [2.05, 4.69) is 16.8 Å². The number of halogens is 1. The lowest BCUT2D eigenvalue weighted by molar-refractivity contribution is -0.175. The number of hydrogen-bond donors (Lipinski definition) is 1. The van der Waals surface area contributed by atoms with Gasteiger partial charge in [-0.1, -0.05) is 32.8 Å². The molecule has 3 aromatic rings. The van der Waals surface area contributed by atoms with Crippen LogP contribution < -0.4 is 16.2 Å². The van der Waals surface area contributed by atoms with Crippen molar-refractivity contribution in [2.75, 3.05) is 36.1 Å². The average Bonchev–Trinajstić information content (AvgIpc) is 3.38. The molecule has 2 N–H and O–H groups in total. The summed E-state index contributed by atoms with van der Waals surface area (Å²) in [6.45, 7) is 3.95. The van der Waals surface area contributed by atoms with Crippen LogP contribution in [0.1, 0.15) is 56.2 Å². The predicted molar refractivity (Wildman–Crippen MR) is 175 cm³/mol. The van der Waals surface area contributed by atoms with Crippen molar-refractivity contribution in [3.8, 4) is 11.4 Å². The van der Waals surface area contributed by atoms with Gasteiger partial charge in [0.05, 0.1) is 63.6 Å². The summed E-state index contributed by atoms with van der Waals surface area (Å²) in [7, 11) is -3.52. The van der Waals surface area contributed by atoms with E-state index in [1.165, 1.54) is 0 Å². The van der Waals surface area contributed by atoms with Crippen molar-refractivity contribution in [2.45, 2.75) is 58.3 Å². The summed E-state index contributed by atoms with van der Waals surface area (Å²) in [4.78, 5) is 51.9. The van der Waals surface area contributed by atoms with E-state index in [9.17, 15) is 22.8 Å². The Morgan fingerprint density at radius 2 is 1.96 bits per heavy atom. The van der Waals surface area contributed by atoms with Gasteiger partial charge in [-0.25, -0.2) is 28.0 Å². The largest absolute Gasteiger partial charge is 0.509 e. The molecule has 0 aliphatic carbocycles. The van der Waals surface area contributed by atoms with Crippen LogP contribution in [0.3, 0.4) is 0 Å². The van der Waals surface area contributed by atoms with Crippen molar-refractivity contribution >= 4 is 63.0 Å². The zero-order chi connectivity index (χ0) is 31.9. The molecule has 0 fully saturated rings. The van der Waals surface area contributed by atoms with Crippen molar-refractivity contribution in [3.05, 3.63) is 51.3 Å². The van der Waals surface area contributed by atoms with Crippen LogP contribution in [-0.4, -0.2) is 67.6 Å². The first-order chi connectivity index (χ1) is 21.6. The van der Waals surface area contributed by atoms with E-state index in [0.29, 0.717) is 11.4 Å².